The van der Waals surface area contributed by atoms with E-state index in [0.717, 1.165) is 11.3 Å². The maximum atomic E-state index is 12.5. The maximum Gasteiger partial charge on any atom is 0.243 e. The molecular weight excluding hydrogens is 304 g/mol. The zero-order valence-electron chi connectivity index (χ0n) is 14.6. The zero-order valence-corrected chi connectivity index (χ0v) is 14.6. The fourth-order valence-corrected chi connectivity index (χ4v) is 2.42. The molecule has 2 aromatic carbocycles. The molecule has 0 heterocycles. The van der Waals surface area contributed by atoms with Crippen molar-refractivity contribution in [1.82, 2.24) is 5.32 Å². The van der Waals surface area contributed by atoms with Crippen LogP contribution in [0.1, 0.15) is 12.5 Å². The number of likely N-dealkylation sites (N-methyl/N-ethyl adjacent to an activating group) is 1. The van der Waals surface area contributed by atoms with Gasteiger partial charge >= 0.3 is 0 Å². The number of benzene rings is 2. The van der Waals surface area contributed by atoms with Gasteiger partial charge < -0.3 is 19.7 Å². The zero-order chi connectivity index (χ0) is 17.5. The van der Waals surface area contributed by atoms with Gasteiger partial charge in [-0.15, -0.1) is 0 Å². The summed E-state index contributed by atoms with van der Waals surface area (Å²) in [7, 11) is 5.00. The molecule has 0 radical (unpaired) electrons. The molecule has 5 heteroatoms. The molecule has 2 rings (SSSR count). The first kappa shape index (κ1) is 17.8. The number of para-hydroxylation sites is 1. The van der Waals surface area contributed by atoms with Crippen molar-refractivity contribution in [2.45, 2.75) is 19.5 Å². The number of methoxy groups -OCH3 is 2. The van der Waals surface area contributed by atoms with Crippen LogP contribution in [0.15, 0.2) is 48.5 Å². The molecule has 0 bridgehead atoms. The van der Waals surface area contributed by atoms with Gasteiger partial charge in [0.1, 0.15) is 0 Å². The van der Waals surface area contributed by atoms with Crippen molar-refractivity contribution >= 4 is 11.6 Å². The number of rotatable bonds is 7. The van der Waals surface area contributed by atoms with Crippen LogP contribution in [0.4, 0.5) is 5.69 Å². The van der Waals surface area contributed by atoms with Crippen molar-refractivity contribution in [2.24, 2.45) is 0 Å². The van der Waals surface area contributed by atoms with Crippen LogP contribution >= 0.6 is 0 Å². The molecule has 1 atom stereocenters. The van der Waals surface area contributed by atoms with E-state index in [1.165, 1.54) is 0 Å². The summed E-state index contributed by atoms with van der Waals surface area (Å²) in [5.41, 5.74) is 1.90. The minimum atomic E-state index is -0.302. The molecule has 0 saturated carbocycles. The fraction of sp³-hybridized carbons (Fsp3) is 0.316. The Kier molecular flexibility index (Phi) is 6.21. The summed E-state index contributed by atoms with van der Waals surface area (Å²) in [5, 5.41) is 3.25. The number of carbonyl (C=O) groups is 1. The number of amides is 1. The Morgan fingerprint density at radius 1 is 1.08 bits per heavy atom. The molecule has 0 fully saturated rings. The minimum Gasteiger partial charge on any atom is -0.493 e. The molecule has 0 aliphatic carbocycles. The van der Waals surface area contributed by atoms with E-state index >= 15 is 0 Å². The van der Waals surface area contributed by atoms with Crippen LogP contribution in [-0.4, -0.2) is 33.2 Å². The summed E-state index contributed by atoms with van der Waals surface area (Å²) in [6.45, 7) is 2.43. The number of hydrogen-bond acceptors (Lipinski definition) is 4. The number of hydrogen-bond donors (Lipinski definition) is 1. The fourth-order valence-electron chi connectivity index (χ4n) is 2.42. The van der Waals surface area contributed by atoms with Crippen LogP contribution in [0.3, 0.4) is 0 Å². The number of carbonyl (C=O) groups excluding carboxylic acids is 1. The summed E-state index contributed by atoms with van der Waals surface area (Å²) in [5.74, 6) is 1.38. The molecule has 0 spiro atoms. The number of nitrogens with one attached hydrogen (secondary N) is 1. The van der Waals surface area contributed by atoms with Crippen molar-refractivity contribution in [3.8, 4) is 11.5 Å². The smallest absolute Gasteiger partial charge is 0.243 e. The number of ether oxygens (including phenoxy) is 2. The second kappa shape index (κ2) is 8.36. The quantitative estimate of drug-likeness (QED) is 0.849. The first-order valence-corrected chi connectivity index (χ1v) is 7.83. The van der Waals surface area contributed by atoms with Crippen LogP contribution in [0.5, 0.6) is 11.5 Å². The van der Waals surface area contributed by atoms with Gasteiger partial charge in [0.25, 0.3) is 0 Å². The summed E-state index contributed by atoms with van der Waals surface area (Å²) >= 11 is 0. The van der Waals surface area contributed by atoms with Gasteiger partial charge in [0.05, 0.1) is 20.3 Å². The number of anilines is 1. The molecule has 24 heavy (non-hydrogen) atoms. The topological polar surface area (TPSA) is 50.8 Å². The summed E-state index contributed by atoms with van der Waals surface area (Å²) < 4.78 is 10.5. The first-order chi connectivity index (χ1) is 11.6. The minimum absolute atomic E-state index is 0.0154. The molecule has 1 unspecified atom stereocenters. The van der Waals surface area contributed by atoms with Gasteiger partial charge in [-0.25, -0.2) is 0 Å². The SMILES string of the molecule is COc1ccc(CNC(C)C(=O)N(C)c2ccccc2)cc1OC. The lowest BCUT2D eigenvalue weighted by Crippen LogP contribution is -2.43. The van der Waals surface area contributed by atoms with Crippen LogP contribution in [0, 0.1) is 0 Å². The molecule has 1 N–H and O–H groups in total. The highest BCUT2D eigenvalue weighted by Gasteiger charge is 2.18. The highest BCUT2D eigenvalue weighted by Crippen LogP contribution is 2.27. The van der Waals surface area contributed by atoms with E-state index in [0.29, 0.717) is 18.0 Å². The van der Waals surface area contributed by atoms with E-state index < -0.39 is 0 Å². The van der Waals surface area contributed by atoms with E-state index in [1.807, 2.05) is 55.5 Å². The van der Waals surface area contributed by atoms with Crippen LogP contribution in [-0.2, 0) is 11.3 Å². The molecular formula is C19H24N2O3. The van der Waals surface area contributed by atoms with Crippen molar-refractivity contribution in [3.63, 3.8) is 0 Å². The standard InChI is InChI=1S/C19H24N2O3/c1-14(19(22)21(2)16-8-6-5-7-9-16)20-13-15-10-11-17(23-3)18(12-15)24-4/h5-12,14,20H,13H2,1-4H3. The molecule has 5 nitrogen and oxygen atoms in total. The summed E-state index contributed by atoms with van der Waals surface area (Å²) in [6, 6.07) is 15.0. The predicted octanol–water partition coefficient (Wildman–Crippen LogP) is 2.84. The lowest BCUT2D eigenvalue weighted by molar-refractivity contribution is -0.120. The summed E-state index contributed by atoms with van der Waals surface area (Å²) in [6.07, 6.45) is 0. The second-order valence-electron chi connectivity index (χ2n) is 5.52. The Hall–Kier alpha value is -2.53. The molecule has 0 aliphatic heterocycles. The van der Waals surface area contributed by atoms with E-state index in [4.69, 9.17) is 9.47 Å². The van der Waals surface area contributed by atoms with Gasteiger partial charge in [-0.2, -0.15) is 0 Å². The average molecular weight is 328 g/mol. The molecule has 0 aliphatic rings. The molecule has 128 valence electrons. The van der Waals surface area contributed by atoms with Crippen LogP contribution < -0.4 is 19.7 Å². The lowest BCUT2D eigenvalue weighted by atomic mass is 10.1. The summed E-state index contributed by atoms with van der Waals surface area (Å²) in [4.78, 5) is 14.2. The first-order valence-electron chi connectivity index (χ1n) is 7.83. The molecule has 0 aromatic heterocycles. The Balaban J connectivity index is 1.97. The largest absolute Gasteiger partial charge is 0.493 e. The van der Waals surface area contributed by atoms with Gasteiger partial charge in [-0.3, -0.25) is 4.79 Å². The van der Waals surface area contributed by atoms with Crippen molar-refractivity contribution < 1.29 is 14.3 Å². The molecule has 2 aromatic rings. The van der Waals surface area contributed by atoms with E-state index in [9.17, 15) is 4.79 Å². The van der Waals surface area contributed by atoms with E-state index in [1.54, 1.807) is 26.2 Å². The normalized spacial score (nSPS) is 11.7. The molecule has 0 saturated heterocycles. The third kappa shape index (κ3) is 4.26. The van der Waals surface area contributed by atoms with Crippen LogP contribution in [0.25, 0.3) is 0 Å². The Bertz CT molecular complexity index is 674. The maximum absolute atomic E-state index is 12.5. The third-order valence-corrected chi connectivity index (χ3v) is 3.90. The van der Waals surface area contributed by atoms with E-state index in [2.05, 4.69) is 5.32 Å². The Morgan fingerprint density at radius 2 is 1.75 bits per heavy atom. The van der Waals surface area contributed by atoms with Crippen molar-refractivity contribution in [1.29, 1.82) is 0 Å². The van der Waals surface area contributed by atoms with Gasteiger partial charge in [0, 0.05) is 19.3 Å². The Morgan fingerprint density at radius 3 is 2.38 bits per heavy atom. The van der Waals surface area contributed by atoms with Crippen LogP contribution in [0.2, 0.25) is 0 Å². The monoisotopic (exact) mass is 328 g/mol. The van der Waals surface area contributed by atoms with Gasteiger partial charge in [0.2, 0.25) is 5.91 Å². The third-order valence-electron chi connectivity index (χ3n) is 3.90. The molecule has 1 amide bonds. The second-order valence-corrected chi connectivity index (χ2v) is 5.52. The lowest BCUT2D eigenvalue weighted by Gasteiger charge is -2.22. The highest BCUT2D eigenvalue weighted by atomic mass is 16.5. The van der Waals surface area contributed by atoms with Gasteiger partial charge in [-0.05, 0) is 36.8 Å². The van der Waals surface area contributed by atoms with Gasteiger partial charge in [0.15, 0.2) is 11.5 Å². The van der Waals surface area contributed by atoms with Crippen molar-refractivity contribution in [3.05, 3.63) is 54.1 Å². The van der Waals surface area contributed by atoms with E-state index in [-0.39, 0.29) is 11.9 Å². The van der Waals surface area contributed by atoms with Gasteiger partial charge in [-0.1, -0.05) is 24.3 Å². The Labute approximate surface area is 143 Å². The predicted molar refractivity (Wildman–Crippen MR) is 95.7 cm³/mol. The average Bonchev–Trinajstić information content (AvgIpc) is 2.65. The van der Waals surface area contributed by atoms with Crippen molar-refractivity contribution in [2.75, 3.05) is 26.2 Å². The highest BCUT2D eigenvalue weighted by molar-refractivity contribution is 5.96. The number of nitrogens with zero attached hydrogens (tertiary/aromatic N) is 1.